The molecular formula is C12H10BrClN2S. The van der Waals surface area contributed by atoms with Gasteiger partial charge in [0.25, 0.3) is 0 Å². The summed E-state index contributed by atoms with van der Waals surface area (Å²) in [5.74, 6) is 0. The van der Waals surface area contributed by atoms with Crippen LogP contribution in [-0.2, 0) is 6.54 Å². The number of halogens is 2. The number of pyridine rings is 1. The van der Waals surface area contributed by atoms with Crippen molar-refractivity contribution >= 4 is 39.3 Å². The molecule has 5 heteroatoms. The van der Waals surface area contributed by atoms with Crippen LogP contribution in [0.15, 0.2) is 50.9 Å². The molecule has 0 radical (unpaired) electrons. The van der Waals surface area contributed by atoms with E-state index in [1.807, 2.05) is 30.3 Å². The molecule has 0 saturated carbocycles. The van der Waals surface area contributed by atoms with E-state index < -0.39 is 0 Å². The fourth-order valence-corrected chi connectivity index (χ4v) is 2.95. The molecule has 0 bridgehead atoms. The smallest absolute Gasteiger partial charge is 0.115 e. The van der Waals surface area contributed by atoms with Gasteiger partial charge < -0.3 is 5.73 Å². The minimum absolute atomic E-state index is 0.466. The van der Waals surface area contributed by atoms with Crippen LogP contribution in [-0.4, -0.2) is 4.98 Å². The maximum atomic E-state index is 5.94. The highest BCUT2D eigenvalue weighted by Crippen LogP contribution is 2.34. The first-order valence-corrected chi connectivity index (χ1v) is 6.96. The number of hydrogen-bond acceptors (Lipinski definition) is 3. The van der Waals surface area contributed by atoms with E-state index in [1.54, 1.807) is 18.0 Å². The predicted molar refractivity (Wildman–Crippen MR) is 75.4 cm³/mol. The Balaban J connectivity index is 2.33. The minimum atomic E-state index is 0.466. The van der Waals surface area contributed by atoms with Crippen molar-refractivity contribution in [2.45, 2.75) is 16.5 Å². The summed E-state index contributed by atoms with van der Waals surface area (Å²) < 4.78 is 0.975. The van der Waals surface area contributed by atoms with Crippen LogP contribution >= 0.6 is 39.3 Å². The summed E-state index contributed by atoms with van der Waals surface area (Å²) in [6.07, 6.45) is 1.77. The van der Waals surface area contributed by atoms with E-state index >= 15 is 0 Å². The molecule has 0 spiro atoms. The molecule has 1 heterocycles. The van der Waals surface area contributed by atoms with E-state index in [0.29, 0.717) is 11.6 Å². The Kier molecular flexibility index (Phi) is 4.45. The van der Waals surface area contributed by atoms with Gasteiger partial charge in [-0.15, -0.1) is 0 Å². The van der Waals surface area contributed by atoms with E-state index in [4.69, 9.17) is 17.3 Å². The number of hydrogen-bond donors (Lipinski definition) is 1. The molecule has 2 nitrogen and oxygen atoms in total. The van der Waals surface area contributed by atoms with E-state index in [-0.39, 0.29) is 0 Å². The van der Waals surface area contributed by atoms with Crippen LogP contribution in [0.4, 0.5) is 0 Å². The summed E-state index contributed by atoms with van der Waals surface area (Å²) >= 11 is 11.0. The van der Waals surface area contributed by atoms with Crippen molar-refractivity contribution in [1.29, 1.82) is 0 Å². The van der Waals surface area contributed by atoms with Crippen molar-refractivity contribution in [3.8, 4) is 0 Å². The summed E-state index contributed by atoms with van der Waals surface area (Å²) in [7, 11) is 0. The second-order valence-corrected chi connectivity index (χ2v) is 5.67. The number of rotatable bonds is 3. The highest BCUT2D eigenvalue weighted by Gasteiger charge is 2.07. The van der Waals surface area contributed by atoms with Crippen LogP contribution in [0.2, 0.25) is 5.02 Å². The Morgan fingerprint density at radius 1 is 1.35 bits per heavy atom. The highest BCUT2D eigenvalue weighted by molar-refractivity contribution is 9.10. The summed E-state index contributed by atoms with van der Waals surface area (Å²) in [4.78, 5) is 5.39. The molecule has 88 valence electrons. The Morgan fingerprint density at radius 3 is 2.88 bits per heavy atom. The van der Waals surface area contributed by atoms with Gasteiger partial charge in [-0.25, -0.2) is 4.98 Å². The monoisotopic (exact) mass is 328 g/mol. The van der Waals surface area contributed by atoms with Gasteiger partial charge in [-0.05, 0) is 51.8 Å². The van der Waals surface area contributed by atoms with E-state index in [0.717, 1.165) is 20.0 Å². The van der Waals surface area contributed by atoms with Crippen LogP contribution in [0.25, 0.3) is 0 Å². The topological polar surface area (TPSA) is 38.9 Å². The van der Waals surface area contributed by atoms with Gasteiger partial charge in [0, 0.05) is 22.7 Å². The number of nitrogens with two attached hydrogens (primary N) is 1. The van der Waals surface area contributed by atoms with Crippen molar-refractivity contribution in [2.24, 2.45) is 5.73 Å². The van der Waals surface area contributed by atoms with Crippen LogP contribution in [0.5, 0.6) is 0 Å². The standard InChI is InChI=1S/C12H10BrClN2S/c13-10-2-1-5-16-12(10)17-11-4-3-9(14)6-8(11)7-15/h1-6H,7,15H2. The lowest BCUT2D eigenvalue weighted by Crippen LogP contribution is -1.98. The minimum Gasteiger partial charge on any atom is -0.326 e. The third-order valence-electron chi connectivity index (χ3n) is 2.17. The lowest BCUT2D eigenvalue weighted by molar-refractivity contribution is 1.02. The quantitative estimate of drug-likeness (QED) is 0.921. The lowest BCUT2D eigenvalue weighted by Gasteiger charge is -2.08. The van der Waals surface area contributed by atoms with E-state index in [1.165, 1.54) is 0 Å². The Bertz CT molecular complexity index is 534. The molecule has 2 aromatic rings. The molecular weight excluding hydrogens is 320 g/mol. The first kappa shape index (κ1) is 12.9. The molecule has 0 aliphatic heterocycles. The second-order valence-electron chi connectivity index (χ2n) is 3.35. The fraction of sp³-hybridized carbons (Fsp3) is 0.0833. The second kappa shape index (κ2) is 5.87. The zero-order chi connectivity index (χ0) is 12.3. The molecule has 0 aliphatic rings. The first-order valence-electron chi connectivity index (χ1n) is 4.97. The molecule has 1 aromatic carbocycles. The largest absolute Gasteiger partial charge is 0.326 e. The Labute approximate surface area is 118 Å². The molecule has 1 aromatic heterocycles. The average Bonchev–Trinajstić information content (AvgIpc) is 2.34. The van der Waals surface area contributed by atoms with Gasteiger partial charge in [0.1, 0.15) is 5.03 Å². The molecule has 0 aliphatic carbocycles. The first-order chi connectivity index (χ1) is 8.20. The van der Waals surface area contributed by atoms with Gasteiger partial charge in [0.05, 0.1) is 4.47 Å². The molecule has 0 atom stereocenters. The van der Waals surface area contributed by atoms with Gasteiger partial charge >= 0.3 is 0 Å². The normalized spacial score (nSPS) is 10.5. The Hall–Kier alpha value is -0.550. The highest BCUT2D eigenvalue weighted by atomic mass is 79.9. The van der Waals surface area contributed by atoms with E-state index in [9.17, 15) is 0 Å². The molecule has 0 saturated heterocycles. The molecule has 0 fully saturated rings. The van der Waals surface area contributed by atoms with Gasteiger partial charge in [-0.1, -0.05) is 23.4 Å². The number of nitrogens with zero attached hydrogens (tertiary/aromatic N) is 1. The van der Waals surface area contributed by atoms with Crippen molar-refractivity contribution < 1.29 is 0 Å². The molecule has 2 rings (SSSR count). The Morgan fingerprint density at radius 2 is 2.18 bits per heavy atom. The predicted octanol–water partition coefficient (Wildman–Crippen LogP) is 4.11. The van der Waals surface area contributed by atoms with Crippen LogP contribution < -0.4 is 5.73 Å². The third-order valence-corrected chi connectivity index (χ3v) is 4.45. The maximum absolute atomic E-state index is 5.94. The van der Waals surface area contributed by atoms with Crippen molar-refractivity contribution in [2.75, 3.05) is 0 Å². The zero-order valence-corrected chi connectivity index (χ0v) is 12.0. The van der Waals surface area contributed by atoms with E-state index in [2.05, 4.69) is 20.9 Å². The van der Waals surface area contributed by atoms with Crippen molar-refractivity contribution in [3.05, 3.63) is 51.6 Å². The summed E-state index contributed by atoms with van der Waals surface area (Å²) in [5.41, 5.74) is 6.73. The average molecular weight is 330 g/mol. The van der Waals surface area contributed by atoms with Gasteiger partial charge in [-0.3, -0.25) is 0 Å². The third kappa shape index (κ3) is 3.22. The van der Waals surface area contributed by atoms with Gasteiger partial charge in [-0.2, -0.15) is 0 Å². The molecule has 0 amide bonds. The maximum Gasteiger partial charge on any atom is 0.115 e. The van der Waals surface area contributed by atoms with Crippen LogP contribution in [0.1, 0.15) is 5.56 Å². The van der Waals surface area contributed by atoms with Crippen molar-refractivity contribution in [3.63, 3.8) is 0 Å². The summed E-state index contributed by atoms with van der Waals surface area (Å²) in [5, 5.41) is 1.62. The SMILES string of the molecule is NCc1cc(Cl)ccc1Sc1ncccc1Br. The molecule has 2 N–H and O–H groups in total. The zero-order valence-electron chi connectivity index (χ0n) is 8.86. The summed E-state index contributed by atoms with van der Waals surface area (Å²) in [6.45, 7) is 0.466. The number of benzene rings is 1. The van der Waals surface area contributed by atoms with Gasteiger partial charge in [0.15, 0.2) is 0 Å². The summed E-state index contributed by atoms with van der Waals surface area (Å²) in [6, 6.07) is 9.57. The van der Waals surface area contributed by atoms with Crippen LogP contribution in [0, 0.1) is 0 Å². The molecule has 0 unspecified atom stereocenters. The number of aromatic nitrogens is 1. The van der Waals surface area contributed by atoms with Crippen molar-refractivity contribution in [1.82, 2.24) is 4.98 Å². The molecule has 17 heavy (non-hydrogen) atoms. The van der Waals surface area contributed by atoms with Crippen LogP contribution in [0.3, 0.4) is 0 Å². The fourth-order valence-electron chi connectivity index (χ4n) is 1.36. The lowest BCUT2D eigenvalue weighted by atomic mass is 10.2. The van der Waals surface area contributed by atoms with Gasteiger partial charge in [0.2, 0.25) is 0 Å².